The summed E-state index contributed by atoms with van der Waals surface area (Å²) >= 11 is 8.26. The third-order valence-corrected chi connectivity index (χ3v) is 10.3. The molecule has 0 aromatic carbocycles. The number of nitrogens with zero attached hydrogens (tertiary/aromatic N) is 1. The topological polar surface area (TPSA) is 110 Å². The molecule has 1 saturated heterocycles. The Hall–Kier alpha value is -1.46. The average molecular weight is 488 g/mol. The number of thiophene rings is 2. The number of halogens is 1. The van der Waals surface area contributed by atoms with Gasteiger partial charge < -0.3 is 11.1 Å². The first-order valence-electron chi connectivity index (χ1n) is 9.81. The Kier molecular flexibility index (Phi) is 6.23. The summed E-state index contributed by atoms with van der Waals surface area (Å²) in [6.45, 7) is 0.263. The molecule has 1 fully saturated rings. The normalized spacial score (nSPS) is 20.0. The fraction of sp³-hybridized carbons (Fsp3) is 0.474. The molecule has 2 aromatic rings. The van der Waals surface area contributed by atoms with Crippen LogP contribution in [0.5, 0.6) is 0 Å². The molecule has 7 nitrogen and oxygen atoms in total. The Labute approximate surface area is 188 Å². The highest BCUT2D eigenvalue weighted by molar-refractivity contribution is 7.91. The summed E-state index contributed by atoms with van der Waals surface area (Å²) in [5.41, 5.74) is 6.95. The van der Waals surface area contributed by atoms with Crippen molar-refractivity contribution in [3.05, 3.63) is 32.5 Å². The molecule has 1 aliphatic carbocycles. The van der Waals surface area contributed by atoms with Gasteiger partial charge in [0.2, 0.25) is 5.91 Å². The van der Waals surface area contributed by atoms with Crippen molar-refractivity contribution in [3.8, 4) is 0 Å². The third kappa shape index (κ3) is 4.03. The van der Waals surface area contributed by atoms with E-state index in [2.05, 4.69) is 5.32 Å². The van der Waals surface area contributed by atoms with E-state index in [1.807, 2.05) is 0 Å². The number of aryl methyl sites for hydroxylation is 1. The van der Waals surface area contributed by atoms with Gasteiger partial charge in [-0.1, -0.05) is 18.0 Å². The Morgan fingerprint density at radius 1 is 1.13 bits per heavy atom. The number of anilines is 1. The average Bonchev–Trinajstić information content (AvgIpc) is 3.38. The zero-order chi connectivity index (χ0) is 21.5. The van der Waals surface area contributed by atoms with E-state index in [-0.39, 0.29) is 10.8 Å². The molecular formula is C19H22ClN3O4S3. The second kappa shape index (κ2) is 8.58. The highest BCUT2D eigenvalue weighted by atomic mass is 35.5. The summed E-state index contributed by atoms with van der Waals surface area (Å²) in [6, 6.07) is 2.15. The summed E-state index contributed by atoms with van der Waals surface area (Å²) < 4.78 is 27.8. The number of fused-ring (bicyclic) bond motifs is 1. The maximum Gasteiger partial charge on any atom is 0.253 e. The Morgan fingerprint density at radius 2 is 1.90 bits per heavy atom. The van der Waals surface area contributed by atoms with Gasteiger partial charge in [-0.05, 0) is 56.2 Å². The number of nitrogens with two attached hydrogens (primary N) is 1. The van der Waals surface area contributed by atoms with Gasteiger partial charge in [-0.25, -0.2) is 8.42 Å². The number of hydrogen-bond acceptors (Lipinski definition) is 6. The smallest absolute Gasteiger partial charge is 0.253 e. The van der Waals surface area contributed by atoms with E-state index in [0.29, 0.717) is 27.7 Å². The molecule has 0 saturated carbocycles. The first kappa shape index (κ1) is 21.8. The van der Waals surface area contributed by atoms with E-state index in [1.54, 1.807) is 0 Å². The van der Waals surface area contributed by atoms with Crippen LogP contribution in [0.3, 0.4) is 0 Å². The molecule has 2 amide bonds. The van der Waals surface area contributed by atoms with Gasteiger partial charge in [0.05, 0.1) is 9.90 Å². The van der Waals surface area contributed by atoms with Crippen LogP contribution in [0.25, 0.3) is 0 Å². The van der Waals surface area contributed by atoms with Crippen molar-refractivity contribution in [2.75, 3.05) is 11.9 Å². The van der Waals surface area contributed by atoms with Crippen molar-refractivity contribution in [2.45, 2.75) is 55.2 Å². The molecule has 11 heteroatoms. The lowest BCUT2D eigenvalue weighted by atomic mass is 10.1. The molecule has 0 spiro atoms. The molecule has 2 aliphatic rings. The SMILES string of the molecule is NC(=O)c1c(NC(=O)[C@@H]2CCCN2S(=O)(=O)c2ccc(Cl)s2)sc2c1CCCCC2. The molecule has 1 aliphatic heterocycles. The Bertz CT molecular complexity index is 1090. The summed E-state index contributed by atoms with van der Waals surface area (Å²) in [4.78, 5) is 26.3. The van der Waals surface area contributed by atoms with Crippen molar-refractivity contribution >= 4 is 61.1 Å². The van der Waals surface area contributed by atoms with E-state index in [9.17, 15) is 18.0 Å². The number of sulfonamides is 1. The van der Waals surface area contributed by atoms with E-state index < -0.39 is 27.9 Å². The van der Waals surface area contributed by atoms with Gasteiger partial charge in [-0.2, -0.15) is 4.31 Å². The van der Waals surface area contributed by atoms with Crippen LogP contribution in [0, 0.1) is 0 Å². The van der Waals surface area contributed by atoms with Crippen molar-refractivity contribution in [1.29, 1.82) is 0 Å². The van der Waals surface area contributed by atoms with Gasteiger partial charge >= 0.3 is 0 Å². The zero-order valence-corrected chi connectivity index (χ0v) is 19.4. The number of primary amides is 1. The van der Waals surface area contributed by atoms with Gasteiger partial charge in [0.15, 0.2) is 0 Å². The molecule has 2 aromatic heterocycles. The number of nitrogens with one attached hydrogen (secondary N) is 1. The molecule has 162 valence electrons. The highest BCUT2D eigenvalue weighted by Crippen LogP contribution is 2.38. The lowest BCUT2D eigenvalue weighted by Crippen LogP contribution is -2.43. The van der Waals surface area contributed by atoms with Crippen molar-refractivity contribution < 1.29 is 18.0 Å². The molecule has 30 heavy (non-hydrogen) atoms. The quantitative estimate of drug-likeness (QED) is 0.627. The largest absolute Gasteiger partial charge is 0.365 e. The minimum absolute atomic E-state index is 0.118. The van der Waals surface area contributed by atoms with Crippen molar-refractivity contribution in [3.63, 3.8) is 0 Å². The van der Waals surface area contributed by atoms with Crippen LogP contribution >= 0.6 is 34.3 Å². The predicted octanol–water partition coefficient (Wildman–Crippen LogP) is 3.62. The van der Waals surface area contributed by atoms with Crippen LogP contribution in [0.15, 0.2) is 16.3 Å². The van der Waals surface area contributed by atoms with Crippen LogP contribution in [-0.4, -0.2) is 37.1 Å². The summed E-state index contributed by atoms with van der Waals surface area (Å²) in [6.07, 6.45) is 5.75. The fourth-order valence-electron chi connectivity index (χ4n) is 4.13. The molecule has 0 radical (unpaired) electrons. The lowest BCUT2D eigenvalue weighted by molar-refractivity contribution is -0.119. The molecule has 0 unspecified atom stereocenters. The standard InChI is InChI=1S/C19H22ClN3O4S3/c20-14-8-9-15(29-14)30(26,27)23-10-4-6-12(23)18(25)22-19-16(17(21)24)11-5-2-1-3-7-13(11)28-19/h8-9,12H,1-7,10H2,(H2,21,24)(H,22,25)/t12-/m0/s1. The molecular weight excluding hydrogens is 466 g/mol. The maximum atomic E-state index is 13.1. The number of amides is 2. The maximum absolute atomic E-state index is 13.1. The van der Waals surface area contributed by atoms with Crippen LogP contribution < -0.4 is 11.1 Å². The van der Waals surface area contributed by atoms with Gasteiger partial charge in [-0.15, -0.1) is 22.7 Å². The molecule has 0 bridgehead atoms. The summed E-state index contributed by atoms with van der Waals surface area (Å²) in [5, 5.41) is 3.25. The summed E-state index contributed by atoms with van der Waals surface area (Å²) in [5.74, 6) is -0.994. The van der Waals surface area contributed by atoms with E-state index in [1.165, 1.54) is 27.8 Å². The first-order chi connectivity index (χ1) is 14.3. The molecule has 1 atom stereocenters. The second-order valence-electron chi connectivity index (χ2n) is 7.45. The second-order valence-corrected chi connectivity index (χ2v) is 12.4. The van der Waals surface area contributed by atoms with Crippen LogP contribution in [0.4, 0.5) is 5.00 Å². The lowest BCUT2D eigenvalue weighted by Gasteiger charge is -2.22. The van der Waals surface area contributed by atoms with Crippen molar-refractivity contribution in [2.24, 2.45) is 5.73 Å². The van der Waals surface area contributed by atoms with Gasteiger partial charge in [0, 0.05) is 11.4 Å². The van der Waals surface area contributed by atoms with Gasteiger partial charge in [0.25, 0.3) is 15.9 Å². The number of carbonyl (C=O) groups excluding carboxylic acids is 2. The first-order valence-corrected chi connectivity index (χ1v) is 13.3. The molecule has 3 heterocycles. The zero-order valence-electron chi connectivity index (χ0n) is 16.1. The Morgan fingerprint density at radius 3 is 2.60 bits per heavy atom. The number of carbonyl (C=O) groups is 2. The monoisotopic (exact) mass is 487 g/mol. The summed E-state index contributed by atoms with van der Waals surface area (Å²) in [7, 11) is -3.82. The molecule has 4 rings (SSSR count). The van der Waals surface area contributed by atoms with Crippen LogP contribution in [0.2, 0.25) is 4.34 Å². The van der Waals surface area contributed by atoms with Crippen LogP contribution in [-0.2, 0) is 27.7 Å². The minimum atomic E-state index is -3.82. The number of hydrogen-bond donors (Lipinski definition) is 2. The van der Waals surface area contributed by atoms with Gasteiger partial charge in [0.1, 0.15) is 15.3 Å². The van der Waals surface area contributed by atoms with E-state index >= 15 is 0 Å². The third-order valence-electron chi connectivity index (χ3n) is 5.52. The van der Waals surface area contributed by atoms with Gasteiger partial charge in [-0.3, -0.25) is 9.59 Å². The molecule has 3 N–H and O–H groups in total. The fourth-order valence-corrected chi connectivity index (χ4v) is 8.69. The van der Waals surface area contributed by atoms with Crippen molar-refractivity contribution in [1.82, 2.24) is 4.31 Å². The Balaban J connectivity index is 1.60. The predicted molar refractivity (Wildman–Crippen MR) is 119 cm³/mol. The van der Waals surface area contributed by atoms with E-state index in [4.69, 9.17) is 17.3 Å². The van der Waals surface area contributed by atoms with E-state index in [0.717, 1.165) is 53.9 Å². The highest BCUT2D eigenvalue weighted by Gasteiger charge is 2.40. The number of rotatable bonds is 5. The minimum Gasteiger partial charge on any atom is -0.365 e. The van der Waals surface area contributed by atoms with Crippen LogP contribution in [0.1, 0.15) is 52.9 Å².